The molecular formula is C15H16O. The first-order chi connectivity index (χ1) is 7.47. The molecule has 1 unspecified atom stereocenters. The van der Waals surface area contributed by atoms with Gasteiger partial charge >= 0.3 is 0 Å². The lowest BCUT2D eigenvalue weighted by Gasteiger charge is -2.06. The Balaban J connectivity index is 2.68. The van der Waals surface area contributed by atoms with Gasteiger partial charge in [0.1, 0.15) is 0 Å². The van der Waals surface area contributed by atoms with Crippen LogP contribution in [0.4, 0.5) is 0 Å². The summed E-state index contributed by atoms with van der Waals surface area (Å²) in [5.74, 6) is 11.3. The molecule has 1 atom stereocenters. The van der Waals surface area contributed by atoms with Gasteiger partial charge in [0.05, 0.1) is 0 Å². The van der Waals surface area contributed by atoms with Crippen LogP contribution in [0.15, 0.2) is 30.3 Å². The lowest BCUT2D eigenvalue weighted by Crippen LogP contribution is -2.04. The molecule has 1 rings (SSSR count). The fourth-order valence-corrected chi connectivity index (χ4v) is 0.994. The summed E-state index contributed by atoms with van der Waals surface area (Å²) < 4.78 is 0. The summed E-state index contributed by atoms with van der Waals surface area (Å²) in [6, 6.07) is 9.56. The molecular weight excluding hydrogens is 196 g/mol. The summed E-state index contributed by atoms with van der Waals surface area (Å²) in [6.45, 7) is 5.99. The van der Waals surface area contributed by atoms with Gasteiger partial charge < -0.3 is 5.11 Å². The summed E-state index contributed by atoms with van der Waals surface area (Å²) in [4.78, 5) is 0. The summed E-state index contributed by atoms with van der Waals surface area (Å²) in [5, 5.41) is 9.53. The predicted molar refractivity (Wildman–Crippen MR) is 66.6 cm³/mol. The van der Waals surface area contributed by atoms with Crippen molar-refractivity contribution in [2.75, 3.05) is 0 Å². The monoisotopic (exact) mass is 212 g/mol. The van der Waals surface area contributed by atoms with Crippen molar-refractivity contribution in [3.8, 4) is 23.7 Å². The zero-order valence-electron chi connectivity index (χ0n) is 9.91. The number of hydrogen-bond acceptors (Lipinski definition) is 1. The Labute approximate surface area is 97.5 Å². The molecule has 0 aliphatic carbocycles. The summed E-state index contributed by atoms with van der Waals surface area (Å²) in [7, 11) is 0. The molecule has 0 heterocycles. The summed E-state index contributed by atoms with van der Waals surface area (Å²) in [6.07, 6.45) is -0.876. The minimum Gasteiger partial charge on any atom is -0.369 e. The van der Waals surface area contributed by atoms with Crippen LogP contribution in [0.1, 0.15) is 26.3 Å². The standard InChI is InChI=1S/C15H16O/c1-15(2,3)12-11-14(16)10-9-13-7-5-4-6-8-13/h4-8,14,16H,1-3H3. The largest absolute Gasteiger partial charge is 0.369 e. The van der Waals surface area contributed by atoms with Gasteiger partial charge in [-0.05, 0) is 32.9 Å². The van der Waals surface area contributed by atoms with Crippen molar-refractivity contribution in [3.63, 3.8) is 0 Å². The van der Waals surface area contributed by atoms with Crippen LogP contribution >= 0.6 is 0 Å². The fourth-order valence-electron chi connectivity index (χ4n) is 0.994. The third-order valence-corrected chi connectivity index (χ3v) is 1.71. The molecule has 0 bridgehead atoms. The number of aliphatic hydroxyl groups is 1. The van der Waals surface area contributed by atoms with Gasteiger partial charge in [0.15, 0.2) is 6.10 Å². The number of hydrogen-bond donors (Lipinski definition) is 1. The van der Waals surface area contributed by atoms with Crippen LogP contribution in [0.2, 0.25) is 0 Å². The molecule has 0 spiro atoms. The van der Waals surface area contributed by atoms with Gasteiger partial charge in [-0.15, -0.1) is 0 Å². The molecule has 0 fully saturated rings. The molecule has 1 nitrogen and oxygen atoms in total. The van der Waals surface area contributed by atoms with Gasteiger partial charge in [0.25, 0.3) is 0 Å². The zero-order valence-corrected chi connectivity index (χ0v) is 9.91. The number of aliphatic hydroxyl groups excluding tert-OH is 1. The molecule has 0 aliphatic heterocycles. The minimum atomic E-state index is -0.876. The molecule has 1 aromatic rings. The molecule has 16 heavy (non-hydrogen) atoms. The number of benzene rings is 1. The maximum absolute atomic E-state index is 9.53. The molecule has 0 aromatic heterocycles. The molecule has 1 aromatic carbocycles. The van der Waals surface area contributed by atoms with E-state index in [2.05, 4.69) is 23.7 Å². The van der Waals surface area contributed by atoms with Crippen LogP contribution in [0, 0.1) is 29.1 Å². The van der Waals surface area contributed by atoms with Gasteiger partial charge in [0, 0.05) is 11.0 Å². The Morgan fingerprint density at radius 1 is 1.06 bits per heavy atom. The molecule has 0 saturated heterocycles. The van der Waals surface area contributed by atoms with Crippen molar-refractivity contribution in [1.82, 2.24) is 0 Å². The van der Waals surface area contributed by atoms with Crippen LogP contribution < -0.4 is 0 Å². The summed E-state index contributed by atoms with van der Waals surface area (Å²) in [5.41, 5.74) is 0.786. The van der Waals surface area contributed by atoms with E-state index < -0.39 is 6.10 Å². The minimum absolute atomic E-state index is 0.102. The maximum Gasteiger partial charge on any atom is 0.176 e. The van der Waals surface area contributed by atoms with Crippen LogP contribution in [-0.2, 0) is 0 Å². The van der Waals surface area contributed by atoms with E-state index in [1.54, 1.807) is 0 Å². The third-order valence-electron chi connectivity index (χ3n) is 1.71. The van der Waals surface area contributed by atoms with E-state index in [0.29, 0.717) is 0 Å². The van der Waals surface area contributed by atoms with Crippen molar-refractivity contribution >= 4 is 0 Å². The van der Waals surface area contributed by atoms with E-state index in [9.17, 15) is 5.11 Å². The second-order valence-electron chi connectivity index (χ2n) is 4.56. The lowest BCUT2D eigenvalue weighted by atomic mass is 9.98. The topological polar surface area (TPSA) is 20.2 Å². The molecule has 0 amide bonds. The summed E-state index contributed by atoms with van der Waals surface area (Å²) >= 11 is 0. The highest BCUT2D eigenvalue weighted by Crippen LogP contribution is 2.09. The smallest absolute Gasteiger partial charge is 0.176 e. The van der Waals surface area contributed by atoms with Crippen molar-refractivity contribution in [3.05, 3.63) is 35.9 Å². The average molecular weight is 212 g/mol. The molecule has 0 radical (unpaired) electrons. The van der Waals surface area contributed by atoms with Crippen molar-refractivity contribution in [2.45, 2.75) is 26.9 Å². The zero-order chi connectivity index (χ0) is 12.0. The second-order valence-corrected chi connectivity index (χ2v) is 4.56. The van der Waals surface area contributed by atoms with Crippen molar-refractivity contribution in [1.29, 1.82) is 0 Å². The first-order valence-corrected chi connectivity index (χ1v) is 5.25. The van der Waals surface area contributed by atoms with E-state index in [1.807, 2.05) is 51.1 Å². The third kappa shape index (κ3) is 5.25. The Morgan fingerprint density at radius 2 is 1.69 bits per heavy atom. The molecule has 0 saturated carbocycles. The Hall–Kier alpha value is -1.70. The van der Waals surface area contributed by atoms with E-state index in [0.717, 1.165) is 5.56 Å². The highest BCUT2D eigenvalue weighted by atomic mass is 16.3. The van der Waals surface area contributed by atoms with Gasteiger partial charge in [0.2, 0.25) is 0 Å². The van der Waals surface area contributed by atoms with Gasteiger partial charge in [-0.1, -0.05) is 41.9 Å². The Morgan fingerprint density at radius 3 is 2.25 bits per heavy atom. The van der Waals surface area contributed by atoms with E-state index in [-0.39, 0.29) is 5.41 Å². The first-order valence-electron chi connectivity index (χ1n) is 5.25. The fraction of sp³-hybridized carbons (Fsp3) is 0.333. The normalized spacial score (nSPS) is 11.8. The van der Waals surface area contributed by atoms with Gasteiger partial charge in [-0.25, -0.2) is 0 Å². The van der Waals surface area contributed by atoms with E-state index in [4.69, 9.17) is 0 Å². The van der Waals surface area contributed by atoms with Crippen LogP contribution in [0.25, 0.3) is 0 Å². The van der Waals surface area contributed by atoms with Gasteiger partial charge in [-0.3, -0.25) is 0 Å². The van der Waals surface area contributed by atoms with Crippen molar-refractivity contribution in [2.24, 2.45) is 5.41 Å². The highest BCUT2D eigenvalue weighted by Gasteiger charge is 2.04. The SMILES string of the molecule is CC(C)(C)C#CC(O)C#Cc1ccccc1. The lowest BCUT2D eigenvalue weighted by molar-refractivity contribution is 0.289. The predicted octanol–water partition coefficient (Wildman–Crippen LogP) is 2.45. The average Bonchev–Trinajstić information content (AvgIpc) is 2.24. The van der Waals surface area contributed by atoms with Crippen LogP contribution in [-0.4, -0.2) is 11.2 Å². The molecule has 1 heteroatoms. The van der Waals surface area contributed by atoms with Crippen molar-refractivity contribution < 1.29 is 5.11 Å². The molecule has 0 aliphatic rings. The van der Waals surface area contributed by atoms with Crippen LogP contribution in [0.3, 0.4) is 0 Å². The maximum atomic E-state index is 9.53. The van der Waals surface area contributed by atoms with E-state index in [1.165, 1.54) is 0 Å². The van der Waals surface area contributed by atoms with E-state index >= 15 is 0 Å². The number of rotatable bonds is 0. The quantitative estimate of drug-likeness (QED) is 0.655. The van der Waals surface area contributed by atoms with Crippen LogP contribution in [0.5, 0.6) is 0 Å². The first kappa shape index (κ1) is 12.4. The Kier molecular flexibility index (Phi) is 4.18. The molecule has 82 valence electrons. The molecule has 1 N–H and O–H groups in total. The van der Waals surface area contributed by atoms with Gasteiger partial charge in [-0.2, -0.15) is 0 Å². The Bertz CT molecular complexity index is 443. The highest BCUT2D eigenvalue weighted by molar-refractivity contribution is 5.36. The second kappa shape index (κ2) is 5.40.